The average molecular weight is 512 g/mol. The van der Waals surface area contributed by atoms with Crippen LogP contribution in [0, 0.1) is 13.8 Å². The zero-order valence-electron chi connectivity index (χ0n) is 21.7. The van der Waals surface area contributed by atoms with Crippen LogP contribution in [-0.4, -0.2) is 32.0 Å². The number of nitrogens with one attached hydrogen (secondary N) is 2. The van der Waals surface area contributed by atoms with E-state index in [4.69, 9.17) is 12.2 Å². The lowest BCUT2D eigenvalue weighted by atomic mass is 9.96. The third kappa shape index (κ3) is 4.83. The summed E-state index contributed by atoms with van der Waals surface area (Å²) >= 11 is 5.82. The number of fused-ring (bicyclic) bond motifs is 1. The van der Waals surface area contributed by atoms with Crippen LogP contribution in [0.1, 0.15) is 61.0 Å². The van der Waals surface area contributed by atoms with Crippen LogP contribution in [0.3, 0.4) is 0 Å². The Kier molecular flexibility index (Phi) is 6.98. The van der Waals surface area contributed by atoms with E-state index in [1.165, 1.54) is 17.0 Å². The molecule has 1 fully saturated rings. The van der Waals surface area contributed by atoms with Gasteiger partial charge in [-0.3, -0.25) is 9.78 Å². The van der Waals surface area contributed by atoms with Crippen LogP contribution < -0.4 is 10.6 Å². The second-order valence-electron chi connectivity index (χ2n) is 9.94. The van der Waals surface area contributed by atoms with Crippen LogP contribution in [0.15, 0.2) is 72.9 Å². The van der Waals surface area contributed by atoms with Crippen LogP contribution in [0.4, 0.5) is 5.69 Å². The third-order valence-electron chi connectivity index (χ3n) is 7.20. The van der Waals surface area contributed by atoms with E-state index in [1.54, 1.807) is 0 Å². The summed E-state index contributed by atoms with van der Waals surface area (Å²) in [7, 11) is 0. The number of hydrogen-bond acceptors (Lipinski definition) is 3. The first-order valence-electron chi connectivity index (χ1n) is 12.8. The lowest BCUT2D eigenvalue weighted by Crippen LogP contribution is -2.33. The van der Waals surface area contributed by atoms with Gasteiger partial charge in [0.1, 0.15) is 0 Å². The van der Waals surface area contributed by atoms with Crippen molar-refractivity contribution < 1.29 is 4.79 Å². The Bertz CT molecular complexity index is 1440. The van der Waals surface area contributed by atoms with Gasteiger partial charge in [-0.25, -0.2) is 0 Å². The molecule has 0 radical (unpaired) electrons. The maximum atomic E-state index is 13.1. The first-order chi connectivity index (χ1) is 17.8. The Balaban J connectivity index is 1.42. The van der Waals surface area contributed by atoms with Gasteiger partial charge < -0.3 is 20.1 Å². The van der Waals surface area contributed by atoms with Crippen LogP contribution >= 0.6 is 12.2 Å². The minimum absolute atomic E-state index is 0.0353. The number of aryl methyl sites for hydroxylation is 1. The van der Waals surface area contributed by atoms with Gasteiger partial charge in [0.2, 0.25) is 5.91 Å². The molecule has 1 aliphatic rings. The first kappa shape index (κ1) is 25.0. The highest BCUT2D eigenvalue weighted by atomic mass is 32.1. The van der Waals surface area contributed by atoms with Crippen molar-refractivity contribution in [3.8, 4) is 0 Å². The summed E-state index contributed by atoms with van der Waals surface area (Å²) in [6.07, 6.45) is 2.13. The van der Waals surface area contributed by atoms with Crippen LogP contribution in [0.2, 0.25) is 0 Å². The van der Waals surface area contributed by atoms with Crippen molar-refractivity contribution in [1.29, 1.82) is 0 Å². The maximum Gasteiger partial charge on any atom is 0.226 e. The van der Waals surface area contributed by atoms with Crippen molar-refractivity contribution in [1.82, 2.24) is 19.8 Å². The number of thiocarbonyl (C=S) groups is 1. The standard InChI is InChI=1S/C30H33N5OS/c1-19(2)35-20(3)18-24(21(35)4)29-28(26-13-7-8-16-31-26)33-30(37)34(29)17-15-27(36)32-25-14-9-11-22-10-5-6-12-23(22)25/h5-14,16,18-19,28-29H,15,17H2,1-4H3,(H,32,36)(H,33,37)/t28-,29+/m0/s1. The number of aromatic nitrogens is 2. The van der Waals surface area contributed by atoms with E-state index in [0.717, 1.165) is 22.2 Å². The van der Waals surface area contributed by atoms with Crippen molar-refractivity contribution in [2.75, 3.05) is 11.9 Å². The Morgan fingerprint density at radius 2 is 1.84 bits per heavy atom. The van der Waals surface area contributed by atoms with Gasteiger partial charge in [0, 0.05) is 47.7 Å². The predicted molar refractivity (Wildman–Crippen MR) is 154 cm³/mol. The molecule has 2 atom stereocenters. The van der Waals surface area contributed by atoms with E-state index in [0.29, 0.717) is 24.1 Å². The second-order valence-corrected chi connectivity index (χ2v) is 10.3. The molecule has 3 heterocycles. The van der Waals surface area contributed by atoms with Crippen LogP contribution in [0.25, 0.3) is 10.8 Å². The molecule has 0 bridgehead atoms. The number of nitrogens with zero attached hydrogens (tertiary/aromatic N) is 3. The fourth-order valence-corrected chi connectivity index (χ4v) is 5.98. The fourth-order valence-electron chi connectivity index (χ4n) is 5.65. The third-order valence-corrected chi connectivity index (χ3v) is 7.55. The fraction of sp³-hybridized carbons (Fsp3) is 0.300. The van der Waals surface area contributed by atoms with Gasteiger partial charge in [-0.15, -0.1) is 0 Å². The highest BCUT2D eigenvalue weighted by molar-refractivity contribution is 7.80. The molecule has 2 aromatic carbocycles. The van der Waals surface area contributed by atoms with Crippen molar-refractivity contribution in [3.05, 3.63) is 95.6 Å². The van der Waals surface area contributed by atoms with Gasteiger partial charge in [0.15, 0.2) is 5.11 Å². The van der Waals surface area contributed by atoms with Crippen molar-refractivity contribution in [3.63, 3.8) is 0 Å². The summed E-state index contributed by atoms with van der Waals surface area (Å²) in [6.45, 7) is 9.22. The van der Waals surface area contributed by atoms with Crippen LogP contribution in [0.5, 0.6) is 0 Å². The Hall–Kier alpha value is -3.71. The molecule has 7 heteroatoms. The van der Waals surface area contributed by atoms with Crippen molar-refractivity contribution >= 4 is 39.7 Å². The quantitative estimate of drug-likeness (QED) is 0.288. The van der Waals surface area contributed by atoms with E-state index in [-0.39, 0.29) is 18.0 Å². The minimum Gasteiger partial charge on any atom is -0.352 e. The number of carbonyl (C=O) groups is 1. The van der Waals surface area contributed by atoms with Crippen molar-refractivity contribution in [2.24, 2.45) is 0 Å². The largest absolute Gasteiger partial charge is 0.352 e. The predicted octanol–water partition coefficient (Wildman–Crippen LogP) is 6.24. The molecular formula is C30H33N5OS. The summed E-state index contributed by atoms with van der Waals surface area (Å²) in [5.41, 5.74) is 5.41. The molecule has 2 aromatic heterocycles. The zero-order valence-corrected chi connectivity index (χ0v) is 22.5. The summed E-state index contributed by atoms with van der Waals surface area (Å²) in [6, 6.07) is 22.4. The molecule has 37 heavy (non-hydrogen) atoms. The summed E-state index contributed by atoms with van der Waals surface area (Å²) < 4.78 is 2.36. The van der Waals surface area contributed by atoms with Crippen LogP contribution in [-0.2, 0) is 4.79 Å². The molecule has 2 N–H and O–H groups in total. The number of rotatable bonds is 7. The summed E-state index contributed by atoms with van der Waals surface area (Å²) in [4.78, 5) is 19.9. The zero-order chi connectivity index (χ0) is 26.1. The molecule has 190 valence electrons. The Labute approximate surface area is 223 Å². The smallest absolute Gasteiger partial charge is 0.226 e. The summed E-state index contributed by atoms with van der Waals surface area (Å²) in [5.74, 6) is -0.0353. The van der Waals surface area contributed by atoms with E-state index >= 15 is 0 Å². The SMILES string of the molecule is Cc1cc([C@@H]2[C@H](c3ccccn3)NC(=S)N2CCC(=O)Nc2cccc3ccccc23)c(C)n1C(C)C. The first-order valence-corrected chi connectivity index (χ1v) is 13.2. The van der Waals surface area contributed by atoms with E-state index in [9.17, 15) is 4.79 Å². The topological polar surface area (TPSA) is 62.2 Å². The van der Waals surface area contributed by atoms with E-state index in [2.05, 4.69) is 71.0 Å². The highest BCUT2D eigenvalue weighted by Crippen LogP contribution is 2.41. The molecule has 0 spiro atoms. The minimum atomic E-state index is -0.101. The molecular weight excluding hydrogens is 478 g/mol. The van der Waals surface area contributed by atoms with Gasteiger partial charge in [-0.05, 0) is 75.1 Å². The van der Waals surface area contributed by atoms with Gasteiger partial charge in [0.25, 0.3) is 0 Å². The second kappa shape index (κ2) is 10.3. The number of carbonyl (C=O) groups excluding carboxylic acids is 1. The number of pyridine rings is 1. The highest BCUT2D eigenvalue weighted by Gasteiger charge is 2.41. The normalized spacial score (nSPS) is 17.4. The molecule has 0 saturated carbocycles. The molecule has 6 nitrogen and oxygen atoms in total. The number of anilines is 1. The van der Waals surface area contributed by atoms with E-state index < -0.39 is 0 Å². The molecule has 0 aliphatic carbocycles. The molecule has 1 amide bonds. The number of hydrogen-bond donors (Lipinski definition) is 2. The van der Waals surface area contributed by atoms with Gasteiger partial charge in [-0.1, -0.05) is 42.5 Å². The Morgan fingerprint density at radius 3 is 2.57 bits per heavy atom. The monoisotopic (exact) mass is 511 g/mol. The van der Waals surface area contributed by atoms with Crippen molar-refractivity contribution in [2.45, 2.75) is 52.2 Å². The lowest BCUT2D eigenvalue weighted by molar-refractivity contribution is -0.116. The molecule has 1 saturated heterocycles. The number of benzene rings is 2. The Morgan fingerprint density at radius 1 is 1.08 bits per heavy atom. The molecule has 4 aromatic rings. The summed E-state index contributed by atoms with van der Waals surface area (Å²) in [5, 5.41) is 9.40. The molecule has 1 aliphatic heterocycles. The number of amides is 1. The van der Waals surface area contributed by atoms with E-state index in [1.807, 2.05) is 54.7 Å². The lowest BCUT2D eigenvalue weighted by Gasteiger charge is -2.28. The maximum absolute atomic E-state index is 13.1. The van der Waals surface area contributed by atoms with Gasteiger partial charge >= 0.3 is 0 Å². The van der Waals surface area contributed by atoms with Gasteiger partial charge in [-0.2, -0.15) is 0 Å². The van der Waals surface area contributed by atoms with Gasteiger partial charge in [0.05, 0.1) is 17.8 Å². The molecule has 0 unspecified atom stereocenters. The average Bonchev–Trinajstić information content (AvgIpc) is 3.37. The molecule has 5 rings (SSSR count).